The minimum atomic E-state index is -4.49. The zero-order chi connectivity index (χ0) is 13.9. The van der Waals surface area contributed by atoms with Gasteiger partial charge in [0.2, 0.25) is 5.91 Å². The third-order valence-electron chi connectivity index (χ3n) is 3.33. The molecule has 0 bridgehead atoms. The number of hydrogen-bond acceptors (Lipinski definition) is 4. The lowest BCUT2D eigenvalue weighted by Crippen LogP contribution is -2.37. The summed E-state index contributed by atoms with van der Waals surface area (Å²) < 4.78 is 33.7. The van der Waals surface area contributed by atoms with Crippen molar-refractivity contribution in [3.8, 4) is 0 Å². The lowest BCUT2D eigenvalue weighted by molar-refractivity contribution is -0.127. The van der Waals surface area contributed by atoms with Gasteiger partial charge in [0.25, 0.3) is 0 Å². The minimum absolute atomic E-state index is 0.0826. The summed E-state index contributed by atoms with van der Waals surface area (Å²) in [6.07, 6.45) is 0.133. The zero-order valence-corrected chi connectivity index (χ0v) is 11.9. The highest BCUT2D eigenvalue weighted by Crippen LogP contribution is 2.19. The van der Waals surface area contributed by atoms with Crippen molar-refractivity contribution in [1.82, 2.24) is 9.80 Å². The van der Waals surface area contributed by atoms with Crippen molar-refractivity contribution >= 4 is 16.1 Å². The van der Waals surface area contributed by atoms with Gasteiger partial charge in [-0.3, -0.25) is 4.79 Å². The van der Waals surface area contributed by atoms with Crippen molar-refractivity contribution in [3.05, 3.63) is 0 Å². The van der Waals surface area contributed by atoms with Crippen LogP contribution in [0.2, 0.25) is 0 Å². The molecule has 1 atom stereocenters. The van der Waals surface area contributed by atoms with Crippen molar-refractivity contribution in [3.63, 3.8) is 0 Å². The molecule has 0 spiro atoms. The van der Waals surface area contributed by atoms with Gasteiger partial charge in [-0.1, -0.05) is 0 Å². The van der Waals surface area contributed by atoms with E-state index in [0.717, 1.165) is 6.54 Å². The Morgan fingerprint density at radius 2 is 2.11 bits per heavy atom. The Labute approximate surface area is 108 Å². The molecule has 0 radical (unpaired) electrons. The minimum Gasteiger partial charge on any atom is -0.341 e. The molecule has 1 amide bonds. The van der Waals surface area contributed by atoms with Gasteiger partial charge in [-0.05, 0) is 20.9 Å². The fourth-order valence-electron chi connectivity index (χ4n) is 2.00. The second-order valence-corrected chi connectivity index (χ2v) is 6.60. The standard InChI is InChI=1S/C11H21FN2O3S/c1-9(2)13(3)4-5-14-7-10(6-11(14)15)8-18(12,16)17/h9-10H,4-8H2,1-3H3. The molecule has 1 rings (SSSR count). The molecule has 106 valence electrons. The van der Waals surface area contributed by atoms with E-state index in [4.69, 9.17) is 0 Å². The van der Waals surface area contributed by atoms with Crippen LogP contribution in [-0.4, -0.2) is 62.6 Å². The van der Waals surface area contributed by atoms with Crippen LogP contribution in [0.3, 0.4) is 0 Å². The number of likely N-dealkylation sites (N-methyl/N-ethyl adjacent to an activating group) is 1. The van der Waals surface area contributed by atoms with Crippen LogP contribution in [0.1, 0.15) is 20.3 Å². The number of likely N-dealkylation sites (tertiary alicyclic amines) is 1. The molecule has 5 nitrogen and oxygen atoms in total. The Morgan fingerprint density at radius 3 is 2.61 bits per heavy atom. The van der Waals surface area contributed by atoms with Crippen molar-refractivity contribution in [1.29, 1.82) is 0 Å². The normalized spacial score (nSPS) is 21.3. The summed E-state index contributed by atoms with van der Waals surface area (Å²) in [6.45, 7) is 5.76. The van der Waals surface area contributed by atoms with Crippen LogP contribution >= 0.6 is 0 Å². The van der Waals surface area contributed by atoms with Gasteiger partial charge in [-0.2, -0.15) is 8.42 Å². The van der Waals surface area contributed by atoms with Crippen molar-refractivity contribution in [2.24, 2.45) is 5.92 Å². The second-order valence-electron chi connectivity index (χ2n) is 5.19. The van der Waals surface area contributed by atoms with Crippen molar-refractivity contribution < 1.29 is 17.1 Å². The summed E-state index contributed by atoms with van der Waals surface area (Å²) in [5, 5.41) is 0. The maximum Gasteiger partial charge on any atom is 0.302 e. The highest BCUT2D eigenvalue weighted by atomic mass is 32.3. The Hall–Kier alpha value is -0.690. The van der Waals surface area contributed by atoms with E-state index in [1.54, 1.807) is 4.90 Å². The Kier molecular flexibility index (Phi) is 5.10. The predicted molar refractivity (Wildman–Crippen MR) is 67.3 cm³/mol. The smallest absolute Gasteiger partial charge is 0.302 e. The van der Waals surface area contributed by atoms with Crippen LogP contribution in [0.4, 0.5) is 3.89 Å². The summed E-state index contributed by atoms with van der Waals surface area (Å²) in [5.41, 5.74) is 0. The van der Waals surface area contributed by atoms with Gasteiger partial charge < -0.3 is 9.80 Å². The number of nitrogens with zero attached hydrogens (tertiary/aromatic N) is 2. The van der Waals surface area contributed by atoms with E-state index in [9.17, 15) is 17.1 Å². The van der Waals surface area contributed by atoms with Crippen LogP contribution < -0.4 is 0 Å². The molecule has 0 aliphatic carbocycles. The van der Waals surface area contributed by atoms with Gasteiger partial charge in [0.15, 0.2) is 0 Å². The average Bonchev–Trinajstić information content (AvgIpc) is 2.52. The molecular formula is C11H21FN2O3S. The SMILES string of the molecule is CC(C)N(C)CCN1CC(CS(=O)(=O)F)CC1=O. The van der Waals surface area contributed by atoms with E-state index >= 15 is 0 Å². The zero-order valence-electron chi connectivity index (χ0n) is 11.1. The van der Waals surface area contributed by atoms with E-state index in [1.165, 1.54) is 0 Å². The highest BCUT2D eigenvalue weighted by Gasteiger charge is 2.32. The monoisotopic (exact) mass is 280 g/mol. The van der Waals surface area contributed by atoms with Crippen LogP contribution in [-0.2, 0) is 15.0 Å². The summed E-state index contributed by atoms with van der Waals surface area (Å²) >= 11 is 0. The molecule has 1 aliphatic rings. The molecule has 0 aromatic heterocycles. The van der Waals surface area contributed by atoms with Crippen molar-refractivity contribution in [2.45, 2.75) is 26.3 Å². The number of carbonyl (C=O) groups excluding carboxylic acids is 1. The van der Waals surface area contributed by atoms with Gasteiger partial charge in [-0.15, -0.1) is 3.89 Å². The molecule has 18 heavy (non-hydrogen) atoms. The van der Waals surface area contributed by atoms with Crippen molar-refractivity contribution in [2.75, 3.05) is 32.4 Å². The maximum atomic E-state index is 12.5. The fourth-order valence-corrected chi connectivity index (χ4v) is 2.79. The maximum absolute atomic E-state index is 12.5. The Bertz CT molecular complexity index is 397. The van der Waals surface area contributed by atoms with E-state index in [1.807, 2.05) is 7.05 Å². The number of carbonyl (C=O) groups is 1. The lowest BCUT2D eigenvalue weighted by Gasteiger charge is -2.24. The fraction of sp³-hybridized carbons (Fsp3) is 0.909. The lowest BCUT2D eigenvalue weighted by atomic mass is 10.1. The molecule has 1 fully saturated rings. The number of hydrogen-bond donors (Lipinski definition) is 0. The van der Waals surface area contributed by atoms with Crippen LogP contribution in [0.25, 0.3) is 0 Å². The van der Waals surface area contributed by atoms with Crippen LogP contribution in [0, 0.1) is 5.92 Å². The van der Waals surface area contributed by atoms with Crippen LogP contribution in [0.15, 0.2) is 0 Å². The Balaban J connectivity index is 2.43. The van der Waals surface area contributed by atoms with E-state index in [-0.39, 0.29) is 12.3 Å². The average molecular weight is 280 g/mol. The van der Waals surface area contributed by atoms with E-state index < -0.39 is 21.9 Å². The van der Waals surface area contributed by atoms with Gasteiger partial charge in [-0.25, -0.2) is 0 Å². The largest absolute Gasteiger partial charge is 0.341 e. The number of amides is 1. The van der Waals surface area contributed by atoms with Crippen LogP contribution in [0.5, 0.6) is 0 Å². The van der Waals surface area contributed by atoms with Gasteiger partial charge in [0.1, 0.15) is 0 Å². The summed E-state index contributed by atoms with van der Waals surface area (Å²) in [7, 11) is -2.52. The molecule has 0 aromatic rings. The first-order valence-corrected chi connectivity index (χ1v) is 7.64. The highest BCUT2D eigenvalue weighted by molar-refractivity contribution is 7.86. The summed E-state index contributed by atoms with van der Waals surface area (Å²) in [4.78, 5) is 15.4. The molecular weight excluding hydrogens is 259 g/mol. The topological polar surface area (TPSA) is 57.7 Å². The first-order valence-electron chi connectivity index (χ1n) is 6.09. The molecule has 1 unspecified atom stereocenters. The summed E-state index contributed by atoms with van der Waals surface area (Å²) in [5.74, 6) is -1.03. The predicted octanol–water partition coefficient (Wildman–Crippen LogP) is 0.474. The Morgan fingerprint density at radius 1 is 1.50 bits per heavy atom. The second kappa shape index (κ2) is 5.97. The molecule has 1 heterocycles. The van der Waals surface area contributed by atoms with Gasteiger partial charge in [0, 0.05) is 38.0 Å². The number of halogens is 1. The van der Waals surface area contributed by atoms with Gasteiger partial charge in [0.05, 0.1) is 5.75 Å². The number of rotatable bonds is 6. The first kappa shape index (κ1) is 15.4. The molecule has 0 N–H and O–H groups in total. The molecule has 0 aromatic carbocycles. The van der Waals surface area contributed by atoms with E-state index in [0.29, 0.717) is 19.1 Å². The molecule has 1 saturated heterocycles. The first-order chi connectivity index (χ1) is 8.19. The molecule has 0 saturated carbocycles. The third kappa shape index (κ3) is 4.89. The molecule has 7 heteroatoms. The summed E-state index contributed by atoms with van der Waals surface area (Å²) in [6, 6.07) is 0.393. The third-order valence-corrected chi connectivity index (χ3v) is 4.20. The quantitative estimate of drug-likeness (QED) is 0.664. The van der Waals surface area contributed by atoms with Gasteiger partial charge >= 0.3 is 10.2 Å². The molecule has 1 aliphatic heterocycles. The van der Waals surface area contributed by atoms with E-state index in [2.05, 4.69) is 18.7 Å².